The Morgan fingerprint density at radius 3 is 2.64 bits per heavy atom. The van der Waals surface area contributed by atoms with Crippen LogP contribution in [-0.4, -0.2) is 34.4 Å². The van der Waals surface area contributed by atoms with Crippen LogP contribution in [-0.2, 0) is 9.53 Å². The van der Waals surface area contributed by atoms with Gasteiger partial charge in [0.05, 0.1) is 24.5 Å². The number of benzene rings is 2. The zero-order valence-electron chi connectivity index (χ0n) is 12.3. The minimum atomic E-state index is -0.355. The van der Waals surface area contributed by atoms with E-state index in [2.05, 4.69) is 9.89 Å². The maximum atomic E-state index is 11.5. The van der Waals surface area contributed by atoms with Gasteiger partial charge in [0.1, 0.15) is 5.75 Å². The van der Waals surface area contributed by atoms with E-state index in [4.69, 9.17) is 5.21 Å². The number of hydrogen-bond donors (Lipinski definition) is 2. The van der Waals surface area contributed by atoms with Crippen molar-refractivity contribution in [1.29, 1.82) is 0 Å². The van der Waals surface area contributed by atoms with Crippen LogP contribution < -0.4 is 0 Å². The van der Waals surface area contributed by atoms with Crippen LogP contribution in [0.5, 0.6) is 5.75 Å². The molecule has 0 aliphatic carbocycles. The van der Waals surface area contributed by atoms with Gasteiger partial charge in [-0.15, -0.1) is 11.8 Å². The van der Waals surface area contributed by atoms with Crippen molar-refractivity contribution in [2.24, 2.45) is 5.16 Å². The number of carbonyl (C=O) groups excluding carboxylic acids is 1. The molecule has 0 saturated carbocycles. The van der Waals surface area contributed by atoms with Crippen LogP contribution in [0.4, 0.5) is 0 Å². The average molecular weight is 319 g/mol. The van der Waals surface area contributed by atoms with E-state index in [-0.39, 0.29) is 23.4 Å². The molecule has 6 heteroatoms. The fraction of sp³-hybridized carbons (Fsp3) is 0.250. The molecule has 0 bridgehead atoms. The van der Waals surface area contributed by atoms with Gasteiger partial charge in [0, 0.05) is 4.90 Å². The van der Waals surface area contributed by atoms with Crippen molar-refractivity contribution in [2.45, 2.75) is 23.5 Å². The molecule has 0 saturated heterocycles. The molecule has 5 nitrogen and oxygen atoms in total. The summed E-state index contributed by atoms with van der Waals surface area (Å²) < 4.78 is 4.68. The largest absolute Gasteiger partial charge is 0.508 e. The smallest absolute Gasteiger partial charge is 0.307 e. The fourth-order valence-electron chi connectivity index (χ4n) is 2.02. The molecule has 0 spiro atoms. The molecule has 2 rings (SSSR count). The van der Waals surface area contributed by atoms with Crippen molar-refractivity contribution in [3.8, 4) is 5.75 Å². The highest BCUT2D eigenvalue weighted by atomic mass is 32.2. The molecule has 22 heavy (non-hydrogen) atoms. The predicted octanol–water partition coefficient (Wildman–Crippen LogP) is 3.42. The van der Waals surface area contributed by atoms with Gasteiger partial charge in [0.2, 0.25) is 0 Å². The van der Waals surface area contributed by atoms with Crippen LogP contribution in [0.2, 0.25) is 0 Å². The van der Waals surface area contributed by atoms with E-state index in [9.17, 15) is 9.90 Å². The number of hydrogen-bond acceptors (Lipinski definition) is 6. The van der Waals surface area contributed by atoms with Gasteiger partial charge in [-0.3, -0.25) is 4.79 Å². The van der Waals surface area contributed by atoms with E-state index < -0.39 is 0 Å². The van der Waals surface area contributed by atoms with Gasteiger partial charge >= 0.3 is 5.97 Å². The highest BCUT2D eigenvalue weighted by Crippen LogP contribution is 2.30. The first-order valence-electron chi connectivity index (χ1n) is 6.68. The molecule has 0 aliphatic rings. The number of oxime groups is 1. The van der Waals surface area contributed by atoms with Crippen molar-refractivity contribution in [3.63, 3.8) is 0 Å². The van der Waals surface area contributed by atoms with Crippen molar-refractivity contribution in [3.05, 3.63) is 36.4 Å². The zero-order chi connectivity index (χ0) is 16.1. The second kappa shape index (κ2) is 7.17. The Balaban J connectivity index is 2.25. The lowest BCUT2D eigenvalue weighted by Crippen LogP contribution is -2.19. The third-order valence-electron chi connectivity index (χ3n) is 3.28. The quantitative estimate of drug-likeness (QED) is 0.290. The number of phenolic OH excluding ortho intramolecular Hbond substituents is 1. The summed E-state index contributed by atoms with van der Waals surface area (Å²) in [5.74, 6) is -0.133. The van der Waals surface area contributed by atoms with Crippen LogP contribution >= 0.6 is 11.8 Å². The van der Waals surface area contributed by atoms with Crippen molar-refractivity contribution < 1.29 is 19.8 Å². The molecule has 0 heterocycles. The molecule has 1 atom stereocenters. The molecule has 2 N–H and O–H groups in total. The number of methoxy groups -OCH3 is 1. The molecule has 2 aromatic carbocycles. The summed E-state index contributed by atoms with van der Waals surface area (Å²) in [5.41, 5.74) is 0.459. The van der Waals surface area contributed by atoms with Crippen LogP contribution in [0.25, 0.3) is 10.8 Å². The summed E-state index contributed by atoms with van der Waals surface area (Å²) in [5, 5.41) is 23.3. The zero-order valence-corrected chi connectivity index (χ0v) is 13.1. The number of fused-ring (bicyclic) bond motifs is 1. The standard InChI is InChI=1S/C16H17NO4S/c1-10(17-20)15(9-16(19)21-2)22-14-6-4-11-7-13(18)5-3-12(11)8-14/h3-8,15,18,20H,9H2,1-2H3/b17-10+. The predicted molar refractivity (Wildman–Crippen MR) is 86.8 cm³/mol. The number of ether oxygens (including phenoxy) is 1. The van der Waals surface area contributed by atoms with Crippen molar-refractivity contribution in [2.75, 3.05) is 7.11 Å². The number of rotatable bonds is 5. The summed E-state index contributed by atoms with van der Waals surface area (Å²) in [6.07, 6.45) is 0.130. The molecule has 2 aromatic rings. The van der Waals surface area contributed by atoms with Crippen LogP contribution in [0.3, 0.4) is 0 Å². The first-order valence-corrected chi connectivity index (χ1v) is 7.56. The van der Waals surface area contributed by atoms with E-state index in [1.807, 2.05) is 24.3 Å². The van der Waals surface area contributed by atoms with Crippen LogP contribution in [0.1, 0.15) is 13.3 Å². The minimum absolute atomic E-state index is 0.130. The number of thioether (sulfide) groups is 1. The van der Waals surface area contributed by atoms with Crippen molar-refractivity contribution in [1.82, 2.24) is 0 Å². The van der Waals surface area contributed by atoms with Crippen molar-refractivity contribution >= 4 is 34.2 Å². The SMILES string of the molecule is COC(=O)CC(Sc1ccc2cc(O)ccc2c1)/C(C)=N/O. The Labute approximate surface area is 132 Å². The monoisotopic (exact) mass is 319 g/mol. The van der Waals surface area contributed by atoms with Gasteiger partial charge in [-0.2, -0.15) is 0 Å². The topological polar surface area (TPSA) is 79.1 Å². The van der Waals surface area contributed by atoms with E-state index in [1.165, 1.54) is 18.9 Å². The van der Waals surface area contributed by atoms with Gasteiger partial charge in [-0.1, -0.05) is 17.3 Å². The fourth-order valence-corrected chi connectivity index (χ4v) is 3.13. The average Bonchev–Trinajstić information content (AvgIpc) is 2.53. The van der Waals surface area contributed by atoms with Crippen LogP contribution in [0, 0.1) is 0 Å². The Kier molecular flexibility index (Phi) is 5.27. The maximum absolute atomic E-state index is 11.5. The lowest BCUT2D eigenvalue weighted by Gasteiger charge is -2.14. The molecule has 1 unspecified atom stereocenters. The number of phenols is 1. The third-order valence-corrected chi connectivity index (χ3v) is 4.60. The van der Waals surface area contributed by atoms with Crippen LogP contribution in [0.15, 0.2) is 46.4 Å². The van der Waals surface area contributed by atoms with Gasteiger partial charge in [-0.25, -0.2) is 0 Å². The van der Waals surface area contributed by atoms with E-state index in [0.29, 0.717) is 5.71 Å². The molecule has 0 radical (unpaired) electrons. The Morgan fingerprint density at radius 2 is 1.95 bits per heavy atom. The number of carbonyl (C=O) groups is 1. The van der Waals surface area contributed by atoms with Gasteiger partial charge in [0.25, 0.3) is 0 Å². The second-order valence-corrected chi connectivity index (χ2v) is 6.10. The lowest BCUT2D eigenvalue weighted by atomic mass is 10.1. The summed E-state index contributed by atoms with van der Waals surface area (Å²) in [6.45, 7) is 1.67. The van der Waals surface area contributed by atoms with Gasteiger partial charge in [0.15, 0.2) is 0 Å². The first-order chi connectivity index (χ1) is 10.5. The molecule has 116 valence electrons. The van der Waals surface area contributed by atoms with E-state index >= 15 is 0 Å². The summed E-state index contributed by atoms with van der Waals surface area (Å²) in [7, 11) is 1.33. The third kappa shape index (κ3) is 3.92. The number of esters is 1. The molecule has 0 aromatic heterocycles. The van der Waals surface area contributed by atoms with E-state index in [1.54, 1.807) is 19.1 Å². The normalized spacial score (nSPS) is 13.1. The highest BCUT2D eigenvalue weighted by molar-refractivity contribution is 8.00. The second-order valence-electron chi connectivity index (χ2n) is 4.82. The molecule has 0 fully saturated rings. The molecule has 0 amide bonds. The number of nitrogens with zero attached hydrogens (tertiary/aromatic N) is 1. The molecular formula is C16H17NO4S. The summed E-state index contributed by atoms with van der Waals surface area (Å²) in [6, 6.07) is 10.9. The molecular weight excluding hydrogens is 302 g/mol. The van der Waals surface area contributed by atoms with Gasteiger partial charge < -0.3 is 15.1 Å². The minimum Gasteiger partial charge on any atom is -0.508 e. The Bertz CT molecular complexity index is 714. The van der Waals surface area contributed by atoms with E-state index in [0.717, 1.165) is 15.7 Å². The van der Waals surface area contributed by atoms with Gasteiger partial charge in [-0.05, 0) is 42.0 Å². The molecule has 0 aliphatic heterocycles. The lowest BCUT2D eigenvalue weighted by molar-refractivity contribution is -0.140. The summed E-state index contributed by atoms with van der Waals surface area (Å²) in [4.78, 5) is 12.4. The Morgan fingerprint density at radius 1 is 1.27 bits per heavy atom. The first kappa shape index (κ1) is 16.2. The highest BCUT2D eigenvalue weighted by Gasteiger charge is 2.19. The summed E-state index contributed by atoms with van der Waals surface area (Å²) >= 11 is 1.43. The maximum Gasteiger partial charge on any atom is 0.307 e. The Hall–Kier alpha value is -2.21. The number of aromatic hydroxyl groups is 1.